The van der Waals surface area contributed by atoms with Crippen LogP contribution in [0.1, 0.15) is 36.9 Å². The summed E-state index contributed by atoms with van der Waals surface area (Å²) in [6, 6.07) is 13.5. The molecule has 2 aliphatic heterocycles. The molecule has 0 spiro atoms. The first-order valence-electron chi connectivity index (χ1n) is 12.5. The molecule has 2 saturated heterocycles. The van der Waals surface area contributed by atoms with Gasteiger partial charge in [-0.15, -0.1) is 0 Å². The minimum atomic E-state index is -0.707. The Bertz CT molecular complexity index is 1090. The van der Waals surface area contributed by atoms with Gasteiger partial charge in [0.25, 0.3) is 11.7 Å². The van der Waals surface area contributed by atoms with Crippen LogP contribution in [0, 0.1) is 0 Å². The van der Waals surface area contributed by atoms with Gasteiger partial charge in [-0.3, -0.25) is 14.5 Å². The second kappa shape index (κ2) is 12.1. The molecule has 2 fully saturated rings. The molecule has 8 heteroatoms. The van der Waals surface area contributed by atoms with E-state index in [1.807, 2.05) is 31.2 Å². The van der Waals surface area contributed by atoms with Gasteiger partial charge in [0.2, 0.25) is 0 Å². The lowest BCUT2D eigenvalue weighted by Crippen LogP contribution is -2.38. The number of rotatable bonds is 10. The first kappa shape index (κ1) is 25.7. The van der Waals surface area contributed by atoms with Gasteiger partial charge in [-0.2, -0.15) is 0 Å². The van der Waals surface area contributed by atoms with Crippen LogP contribution in [0.4, 0.5) is 0 Å². The van der Waals surface area contributed by atoms with Crippen molar-refractivity contribution in [2.45, 2.75) is 25.8 Å². The number of Topliss-reactive ketones (excluding diaryl/α,β-unsaturated/α-hetero) is 1. The largest absolute Gasteiger partial charge is 0.507 e. The van der Waals surface area contributed by atoms with E-state index in [1.54, 1.807) is 36.3 Å². The Morgan fingerprint density at radius 2 is 1.81 bits per heavy atom. The monoisotopic (exact) mass is 494 g/mol. The van der Waals surface area contributed by atoms with Crippen LogP contribution >= 0.6 is 0 Å². The number of hydrogen-bond acceptors (Lipinski definition) is 7. The fourth-order valence-electron chi connectivity index (χ4n) is 4.65. The van der Waals surface area contributed by atoms with E-state index in [0.717, 1.165) is 31.6 Å². The zero-order valence-electron chi connectivity index (χ0n) is 20.9. The summed E-state index contributed by atoms with van der Waals surface area (Å²) < 4.78 is 16.4. The third-order valence-corrected chi connectivity index (χ3v) is 6.53. The number of carbonyl (C=O) groups excluding carboxylic acids is 2. The number of morpholine rings is 1. The summed E-state index contributed by atoms with van der Waals surface area (Å²) in [5.74, 6) is -0.182. The van der Waals surface area contributed by atoms with Gasteiger partial charge in [0.05, 0.1) is 38.5 Å². The standard InChI is InChI=1S/C28H34N2O6/c1-3-16-36-23-7-4-6-21(19-23)25-24(26(31)20-8-10-22(34-2)11-9-20)27(32)28(33)30(25)13-5-12-29-14-17-35-18-15-29/h4,6-11,19,25,31H,3,5,12-18H2,1-2H3/b26-24+/t25-/m1/s1. The molecule has 1 atom stereocenters. The highest BCUT2D eigenvalue weighted by Gasteiger charge is 2.46. The van der Waals surface area contributed by atoms with E-state index in [2.05, 4.69) is 4.90 Å². The normalized spacial score (nSPS) is 20.1. The molecule has 192 valence electrons. The molecule has 0 aliphatic carbocycles. The van der Waals surface area contributed by atoms with E-state index < -0.39 is 17.7 Å². The van der Waals surface area contributed by atoms with Gasteiger partial charge < -0.3 is 24.2 Å². The third-order valence-electron chi connectivity index (χ3n) is 6.53. The van der Waals surface area contributed by atoms with E-state index in [-0.39, 0.29) is 11.3 Å². The molecule has 1 amide bonds. The van der Waals surface area contributed by atoms with Crippen LogP contribution in [-0.4, -0.2) is 79.7 Å². The van der Waals surface area contributed by atoms with Gasteiger partial charge in [0.15, 0.2) is 0 Å². The highest BCUT2D eigenvalue weighted by Crippen LogP contribution is 2.40. The maximum Gasteiger partial charge on any atom is 0.295 e. The van der Waals surface area contributed by atoms with Gasteiger partial charge in [0, 0.05) is 31.7 Å². The van der Waals surface area contributed by atoms with Gasteiger partial charge in [-0.05, 0) is 54.8 Å². The predicted octanol–water partition coefficient (Wildman–Crippen LogP) is 3.63. The van der Waals surface area contributed by atoms with Crippen LogP contribution in [0.2, 0.25) is 0 Å². The smallest absolute Gasteiger partial charge is 0.295 e. The number of ether oxygens (including phenoxy) is 3. The van der Waals surface area contributed by atoms with Crippen molar-refractivity contribution in [3.05, 3.63) is 65.2 Å². The number of carbonyl (C=O) groups is 2. The Hall–Kier alpha value is -3.36. The first-order valence-corrected chi connectivity index (χ1v) is 12.5. The van der Waals surface area contributed by atoms with Crippen molar-refractivity contribution in [3.63, 3.8) is 0 Å². The number of aliphatic hydroxyl groups excluding tert-OH is 1. The van der Waals surface area contributed by atoms with E-state index in [4.69, 9.17) is 14.2 Å². The molecule has 2 aliphatic rings. The zero-order chi connectivity index (χ0) is 25.5. The Morgan fingerprint density at radius 1 is 1.06 bits per heavy atom. The number of aliphatic hydroxyl groups is 1. The molecular formula is C28H34N2O6. The number of nitrogens with zero attached hydrogens (tertiary/aromatic N) is 2. The molecule has 2 heterocycles. The number of amides is 1. The summed E-state index contributed by atoms with van der Waals surface area (Å²) in [7, 11) is 1.56. The van der Waals surface area contributed by atoms with E-state index in [1.165, 1.54) is 0 Å². The van der Waals surface area contributed by atoms with Crippen LogP contribution in [0.3, 0.4) is 0 Å². The van der Waals surface area contributed by atoms with Crippen molar-refractivity contribution in [2.75, 3.05) is 53.1 Å². The lowest BCUT2D eigenvalue weighted by atomic mass is 9.95. The van der Waals surface area contributed by atoms with Gasteiger partial charge in [0.1, 0.15) is 17.3 Å². The maximum atomic E-state index is 13.3. The highest BCUT2D eigenvalue weighted by atomic mass is 16.5. The predicted molar refractivity (Wildman–Crippen MR) is 136 cm³/mol. The van der Waals surface area contributed by atoms with E-state index >= 15 is 0 Å². The van der Waals surface area contributed by atoms with Gasteiger partial charge in [-0.25, -0.2) is 0 Å². The van der Waals surface area contributed by atoms with Crippen LogP contribution in [0.25, 0.3) is 5.76 Å². The molecule has 1 N–H and O–H groups in total. The zero-order valence-corrected chi connectivity index (χ0v) is 20.9. The van der Waals surface area contributed by atoms with Crippen LogP contribution in [0.15, 0.2) is 54.1 Å². The van der Waals surface area contributed by atoms with Crippen molar-refractivity contribution in [3.8, 4) is 11.5 Å². The van der Waals surface area contributed by atoms with Crippen LogP contribution < -0.4 is 9.47 Å². The molecule has 0 aromatic heterocycles. The molecule has 0 radical (unpaired) electrons. The van der Waals surface area contributed by atoms with Crippen LogP contribution in [-0.2, 0) is 14.3 Å². The molecule has 2 aromatic rings. The van der Waals surface area contributed by atoms with E-state index in [9.17, 15) is 14.7 Å². The van der Waals surface area contributed by atoms with Crippen molar-refractivity contribution in [1.29, 1.82) is 0 Å². The average molecular weight is 495 g/mol. The summed E-state index contributed by atoms with van der Waals surface area (Å²) in [5.41, 5.74) is 1.26. The van der Waals surface area contributed by atoms with Gasteiger partial charge >= 0.3 is 0 Å². The summed E-state index contributed by atoms with van der Waals surface area (Å²) >= 11 is 0. The number of likely N-dealkylation sites (tertiary alicyclic amines) is 1. The quantitative estimate of drug-likeness (QED) is 0.307. The highest BCUT2D eigenvalue weighted by molar-refractivity contribution is 6.46. The average Bonchev–Trinajstić information content (AvgIpc) is 3.17. The summed E-state index contributed by atoms with van der Waals surface area (Å²) in [6.07, 6.45) is 1.57. The number of benzene rings is 2. The number of hydrogen-bond donors (Lipinski definition) is 1. The molecule has 0 saturated carbocycles. The van der Waals surface area contributed by atoms with E-state index in [0.29, 0.717) is 49.8 Å². The summed E-state index contributed by atoms with van der Waals surface area (Å²) in [4.78, 5) is 30.4. The molecule has 0 bridgehead atoms. The molecule has 8 nitrogen and oxygen atoms in total. The maximum absolute atomic E-state index is 13.3. The SMILES string of the molecule is CCCOc1cccc([C@@H]2/C(=C(\O)c3ccc(OC)cc3)C(=O)C(=O)N2CCCN2CCOCC2)c1. The second-order valence-corrected chi connectivity index (χ2v) is 8.95. The number of methoxy groups -OCH3 is 1. The Balaban J connectivity index is 1.67. The Morgan fingerprint density at radius 3 is 2.50 bits per heavy atom. The first-order chi connectivity index (χ1) is 17.5. The van der Waals surface area contributed by atoms with Crippen molar-refractivity contribution < 1.29 is 28.9 Å². The number of ketones is 1. The second-order valence-electron chi connectivity index (χ2n) is 8.95. The fourth-order valence-corrected chi connectivity index (χ4v) is 4.65. The lowest BCUT2D eigenvalue weighted by Gasteiger charge is -2.29. The van der Waals surface area contributed by atoms with Crippen molar-refractivity contribution >= 4 is 17.4 Å². The molecule has 36 heavy (non-hydrogen) atoms. The molecule has 2 aromatic carbocycles. The minimum Gasteiger partial charge on any atom is -0.507 e. The Kier molecular flexibility index (Phi) is 8.61. The fraction of sp³-hybridized carbons (Fsp3) is 0.429. The lowest BCUT2D eigenvalue weighted by molar-refractivity contribution is -0.140. The summed E-state index contributed by atoms with van der Waals surface area (Å²) in [5, 5.41) is 11.2. The van der Waals surface area contributed by atoms with Gasteiger partial charge in [-0.1, -0.05) is 19.1 Å². The van der Waals surface area contributed by atoms with Crippen molar-refractivity contribution in [2.24, 2.45) is 0 Å². The van der Waals surface area contributed by atoms with Crippen LogP contribution in [0.5, 0.6) is 11.5 Å². The third kappa shape index (κ3) is 5.71. The molecule has 4 rings (SSSR count). The molecular weight excluding hydrogens is 460 g/mol. The van der Waals surface area contributed by atoms with Crippen molar-refractivity contribution in [1.82, 2.24) is 9.80 Å². The summed E-state index contributed by atoms with van der Waals surface area (Å²) in [6.45, 7) is 6.92. The Labute approximate surface area is 212 Å². The molecule has 0 unspecified atom stereocenters. The topological polar surface area (TPSA) is 88.5 Å². The minimum absolute atomic E-state index is 0.0872.